The van der Waals surface area contributed by atoms with Crippen molar-refractivity contribution in [3.05, 3.63) is 0 Å². The molecule has 2 unspecified atom stereocenters. The Morgan fingerprint density at radius 1 is 1.40 bits per heavy atom. The summed E-state index contributed by atoms with van der Waals surface area (Å²) < 4.78 is 5.13. The van der Waals surface area contributed by atoms with Crippen molar-refractivity contribution in [2.24, 2.45) is 11.8 Å². The van der Waals surface area contributed by atoms with Gasteiger partial charge in [0.05, 0.1) is 7.11 Å². The van der Waals surface area contributed by atoms with Gasteiger partial charge in [-0.25, -0.2) is 4.79 Å². The highest BCUT2D eigenvalue weighted by molar-refractivity contribution is 5.82. The molecule has 1 N–H and O–H groups in total. The van der Waals surface area contributed by atoms with E-state index in [0.29, 0.717) is 17.9 Å². The van der Waals surface area contributed by atoms with Crippen molar-refractivity contribution in [3.8, 4) is 0 Å². The molecule has 0 aromatic carbocycles. The Balaban J connectivity index is 2.88. The third-order valence-electron chi connectivity index (χ3n) is 4.67. The van der Waals surface area contributed by atoms with Crippen molar-refractivity contribution in [1.82, 2.24) is 10.2 Å². The van der Waals surface area contributed by atoms with Gasteiger partial charge in [0, 0.05) is 12.6 Å². The summed E-state index contributed by atoms with van der Waals surface area (Å²) in [6.45, 7) is 10.4. The zero-order valence-electron chi connectivity index (χ0n) is 14.0. The standard InChI is InChI=1S/C16H32N2O2/c1-7-10-17-16(14-8-9-14,15(19)20-6)11-18(5)13(4)12(2)3/h12-14,17H,7-11H2,1-6H3. The van der Waals surface area contributed by atoms with Gasteiger partial charge in [-0.05, 0) is 51.6 Å². The second-order valence-corrected chi connectivity index (χ2v) is 6.56. The lowest BCUT2D eigenvalue weighted by Gasteiger charge is -2.39. The van der Waals surface area contributed by atoms with Crippen molar-refractivity contribution < 1.29 is 9.53 Å². The third-order valence-corrected chi connectivity index (χ3v) is 4.67. The van der Waals surface area contributed by atoms with E-state index in [-0.39, 0.29) is 5.97 Å². The van der Waals surface area contributed by atoms with E-state index in [1.807, 2.05) is 0 Å². The van der Waals surface area contributed by atoms with Gasteiger partial charge in [0.2, 0.25) is 0 Å². The molecule has 0 radical (unpaired) electrons. The molecule has 4 nitrogen and oxygen atoms in total. The van der Waals surface area contributed by atoms with Crippen LogP contribution in [0.2, 0.25) is 0 Å². The maximum absolute atomic E-state index is 12.4. The smallest absolute Gasteiger partial charge is 0.327 e. The number of ether oxygens (including phenoxy) is 1. The molecule has 0 aromatic rings. The molecule has 0 bridgehead atoms. The van der Waals surface area contributed by atoms with Crippen molar-refractivity contribution in [2.45, 2.75) is 58.5 Å². The van der Waals surface area contributed by atoms with Gasteiger partial charge in [-0.3, -0.25) is 0 Å². The fourth-order valence-electron chi connectivity index (χ4n) is 2.79. The van der Waals surface area contributed by atoms with Gasteiger partial charge in [0.15, 0.2) is 0 Å². The molecule has 0 spiro atoms. The van der Waals surface area contributed by atoms with E-state index >= 15 is 0 Å². The fourth-order valence-corrected chi connectivity index (χ4v) is 2.79. The minimum atomic E-state index is -0.525. The highest BCUT2D eigenvalue weighted by Gasteiger charge is 2.52. The second kappa shape index (κ2) is 7.41. The van der Waals surface area contributed by atoms with Crippen LogP contribution in [0.4, 0.5) is 0 Å². The van der Waals surface area contributed by atoms with Crippen LogP contribution in [0.1, 0.15) is 47.0 Å². The summed E-state index contributed by atoms with van der Waals surface area (Å²) in [5.74, 6) is 0.889. The number of esters is 1. The predicted molar refractivity (Wildman–Crippen MR) is 82.7 cm³/mol. The summed E-state index contributed by atoms with van der Waals surface area (Å²) >= 11 is 0. The Hall–Kier alpha value is -0.610. The maximum Gasteiger partial charge on any atom is 0.327 e. The second-order valence-electron chi connectivity index (χ2n) is 6.56. The van der Waals surface area contributed by atoms with Crippen LogP contribution in [0.15, 0.2) is 0 Å². The fraction of sp³-hybridized carbons (Fsp3) is 0.938. The molecule has 4 heteroatoms. The highest BCUT2D eigenvalue weighted by atomic mass is 16.5. The van der Waals surface area contributed by atoms with Gasteiger partial charge in [-0.1, -0.05) is 20.8 Å². The van der Waals surface area contributed by atoms with Crippen LogP contribution >= 0.6 is 0 Å². The van der Waals surface area contributed by atoms with Gasteiger partial charge >= 0.3 is 5.97 Å². The summed E-state index contributed by atoms with van der Waals surface area (Å²) in [4.78, 5) is 14.7. The quantitative estimate of drug-likeness (QED) is 0.660. The van der Waals surface area contributed by atoms with Gasteiger partial charge in [0.25, 0.3) is 0 Å². The largest absolute Gasteiger partial charge is 0.468 e. The first-order chi connectivity index (χ1) is 9.39. The maximum atomic E-state index is 12.4. The molecule has 0 saturated heterocycles. The summed E-state index contributed by atoms with van der Waals surface area (Å²) in [5.41, 5.74) is -0.525. The Kier molecular flexibility index (Phi) is 6.46. The van der Waals surface area contributed by atoms with Crippen LogP contribution in [0.5, 0.6) is 0 Å². The molecular formula is C16H32N2O2. The topological polar surface area (TPSA) is 41.6 Å². The van der Waals surface area contributed by atoms with Crippen LogP contribution in [-0.4, -0.2) is 49.7 Å². The predicted octanol–water partition coefficient (Wildman–Crippen LogP) is 2.28. The van der Waals surface area contributed by atoms with Crippen LogP contribution in [0.3, 0.4) is 0 Å². The van der Waals surface area contributed by atoms with Crippen molar-refractivity contribution in [1.29, 1.82) is 0 Å². The van der Waals surface area contributed by atoms with E-state index in [2.05, 4.69) is 45.0 Å². The molecule has 1 aliphatic carbocycles. The molecule has 118 valence electrons. The van der Waals surface area contributed by atoms with E-state index in [1.165, 1.54) is 7.11 Å². The number of methoxy groups -OCH3 is 1. The Morgan fingerprint density at radius 3 is 2.40 bits per heavy atom. The summed E-state index contributed by atoms with van der Waals surface area (Å²) in [6.07, 6.45) is 3.26. The first-order valence-corrected chi connectivity index (χ1v) is 7.92. The van der Waals surface area contributed by atoms with E-state index in [9.17, 15) is 4.79 Å². The number of likely N-dealkylation sites (N-methyl/N-ethyl adjacent to an activating group) is 1. The van der Waals surface area contributed by atoms with Gasteiger partial charge < -0.3 is 15.0 Å². The molecule has 0 amide bonds. The molecule has 1 rings (SSSR count). The van der Waals surface area contributed by atoms with Crippen LogP contribution in [0, 0.1) is 11.8 Å². The Bertz CT molecular complexity index is 316. The van der Waals surface area contributed by atoms with Gasteiger partial charge in [-0.2, -0.15) is 0 Å². The lowest BCUT2D eigenvalue weighted by Crippen LogP contribution is -2.62. The zero-order valence-corrected chi connectivity index (χ0v) is 14.0. The molecule has 0 aromatic heterocycles. The third kappa shape index (κ3) is 3.95. The number of rotatable bonds is 9. The highest BCUT2D eigenvalue weighted by Crippen LogP contribution is 2.41. The number of hydrogen-bond acceptors (Lipinski definition) is 4. The van der Waals surface area contributed by atoms with Gasteiger partial charge in [-0.15, -0.1) is 0 Å². The number of hydrogen-bond donors (Lipinski definition) is 1. The molecule has 2 atom stereocenters. The SMILES string of the molecule is CCCNC(CN(C)C(C)C(C)C)(C(=O)OC)C1CC1. The molecule has 0 aliphatic heterocycles. The lowest BCUT2D eigenvalue weighted by molar-refractivity contribution is -0.151. The van der Waals surface area contributed by atoms with Crippen molar-refractivity contribution in [3.63, 3.8) is 0 Å². The van der Waals surface area contributed by atoms with Crippen molar-refractivity contribution in [2.75, 3.05) is 27.2 Å². The zero-order chi connectivity index (χ0) is 15.3. The van der Waals surface area contributed by atoms with E-state index in [0.717, 1.165) is 32.4 Å². The van der Waals surface area contributed by atoms with Crippen LogP contribution in [0.25, 0.3) is 0 Å². The molecular weight excluding hydrogens is 252 g/mol. The minimum absolute atomic E-state index is 0.101. The first kappa shape index (κ1) is 17.4. The van der Waals surface area contributed by atoms with E-state index < -0.39 is 5.54 Å². The van der Waals surface area contributed by atoms with E-state index in [1.54, 1.807) is 0 Å². The number of carbonyl (C=O) groups excluding carboxylic acids is 1. The normalized spacial score (nSPS) is 20.0. The average molecular weight is 284 g/mol. The monoisotopic (exact) mass is 284 g/mol. The molecule has 1 fully saturated rings. The van der Waals surface area contributed by atoms with Crippen molar-refractivity contribution >= 4 is 5.97 Å². The van der Waals surface area contributed by atoms with E-state index in [4.69, 9.17) is 4.74 Å². The molecule has 20 heavy (non-hydrogen) atoms. The number of carbonyl (C=O) groups is 1. The lowest BCUT2D eigenvalue weighted by atomic mass is 9.90. The molecule has 0 heterocycles. The van der Waals surface area contributed by atoms with Gasteiger partial charge in [0.1, 0.15) is 5.54 Å². The summed E-state index contributed by atoms with van der Waals surface area (Å²) in [5, 5.41) is 3.50. The van der Waals surface area contributed by atoms with Crippen LogP contribution < -0.4 is 5.32 Å². The number of nitrogens with one attached hydrogen (secondary N) is 1. The summed E-state index contributed by atoms with van der Waals surface area (Å²) in [7, 11) is 3.61. The number of nitrogens with zero attached hydrogens (tertiary/aromatic N) is 1. The Labute approximate surface area is 124 Å². The molecule has 1 aliphatic rings. The molecule has 1 saturated carbocycles. The van der Waals surface area contributed by atoms with Crippen LogP contribution in [-0.2, 0) is 9.53 Å². The average Bonchev–Trinajstić information content (AvgIpc) is 3.26. The summed E-state index contributed by atoms with van der Waals surface area (Å²) in [6, 6.07) is 0.446. The minimum Gasteiger partial charge on any atom is -0.468 e. The first-order valence-electron chi connectivity index (χ1n) is 7.92. The Morgan fingerprint density at radius 2 is 2.00 bits per heavy atom.